The summed E-state index contributed by atoms with van der Waals surface area (Å²) in [5.41, 5.74) is 13.5. The number of imidazole rings is 1. The number of nitrogens with zero attached hydrogens (tertiary/aromatic N) is 1. The second-order valence-electron chi connectivity index (χ2n) is 8.85. The standard InChI is InChI=1S/C28H24N4O.C2HF3O2/c29-27(33)23-7-3-5-20(15-23)18-30-17-19-11-13-21(14-12-19)22-6-4-8-24(16-22)28-31-25-9-1-2-10-26(25)32-28;3-2(4,5)1(6)7/h1-16,30H,17-18H2,(H2,29,33)(H,31,32);(H,6,7). The molecular weight excluding hydrogens is 521 g/mol. The molecule has 0 unspecified atom stereocenters. The van der Waals surface area contributed by atoms with E-state index >= 15 is 0 Å². The van der Waals surface area contributed by atoms with E-state index in [4.69, 9.17) is 20.6 Å². The number of nitrogens with one attached hydrogen (secondary N) is 2. The lowest BCUT2D eigenvalue weighted by Crippen LogP contribution is -2.21. The number of aromatic amines is 1. The predicted octanol–water partition coefficient (Wildman–Crippen LogP) is 5.92. The van der Waals surface area contributed by atoms with Crippen molar-refractivity contribution < 1.29 is 27.9 Å². The number of alkyl halides is 3. The van der Waals surface area contributed by atoms with Crippen LogP contribution in [0.15, 0.2) is 97.1 Å². The van der Waals surface area contributed by atoms with Gasteiger partial charge >= 0.3 is 12.1 Å². The molecule has 0 bridgehead atoms. The molecule has 0 atom stereocenters. The molecule has 0 saturated carbocycles. The van der Waals surface area contributed by atoms with Crippen molar-refractivity contribution in [3.05, 3.63) is 114 Å². The molecule has 5 aromatic rings. The number of halogens is 3. The zero-order chi connectivity index (χ0) is 28.7. The molecular formula is C30H25F3N4O3. The maximum absolute atomic E-state index is 11.3. The molecule has 40 heavy (non-hydrogen) atoms. The summed E-state index contributed by atoms with van der Waals surface area (Å²) in [4.78, 5) is 28.3. The highest BCUT2D eigenvalue weighted by molar-refractivity contribution is 5.92. The Morgan fingerprint density at radius 3 is 2.12 bits per heavy atom. The first-order valence-corrected chi connectivity index (χ1v) is 12.1. The second-order valence-corrected chi connectivity index (χ2v) is 8.85. The smallest absolute Gasteiger partial charge is 0.475 e. The van der Waals surface area contributed by atoms with Crippen molar-refractivity contribution in [2.75, 3.05) is 0 Å². The van der Waals surface area contributed by atoms with E-state index in [0.717, 1.165) is 45.7 Å². The number of carboxylic acid groups (broad SMARTS) is 1. The minimum atomic E-state index is -5.08. The number of primary amides is 1. The van der Waals surface area contributed by atoms with Gasteiger partial charge in [0.05, 0.1) is 11.0 Å². The van der Waals surface area contributed by atoms with E-state index in [-0.39, 0.29) is 0 Å². The van der Waals surface area contributed by atoms with Crippen LogP contribution in [0, 0.1) is 0 Å². The Bertz CT molecular complexity index is 1600. The lowest BCUT2D eigenvalue weighted by molar-refractivity contribution is -0.192. The molecule has 0 spiro atoms. The lowest BCUT2D eigenvalue weighted by atomic mass is 10.0. The van der Waals surface area contributed by atoms with Crippen LogP contribution in [0.3, 0.4) is 0 Å². The third kappa shape index (κ3) is 7.33. The number of rotatable bonds is 7. The number of aliphatic carboxylic acids is 1. The molecule has 1 aromatic heterocycles. The van der Waals surface area contributed by atoms with E-state index in [1.54, 1.807) is 6.07 Å². The summed E-state index contributed by atoms with van der Waals surface area (Å²) in [6.45, 7) is 1.41. The van der Waals surface area contributed by atoms with Gasteiger partial charge < -0.3 is 21.1 Å². The SMILES string of the molecule is NC(=O)c1cccc(CNCc2ccc(-c3cccc(-c4nc5ccccc5[nH]4)c3)cc2)c1.O=C(O)C(F)(F)F. The maximum atomic E-state index is 11.3. The van der Waals surface area contributed by atoms with Gasteiger partial charge in [-0.15, -0.1) is 0 Å². The summed E-state index contributed by atoms with van der Waals surface area (Å²) >= 11 is 0. The minimum absolute atomic E-state index is 0.406. The first-order valence-electron chi connectivity index (χ1n) is 12.1. The van der Waals surface area contributed by atoms with Crippen LogP contribution in [-0.4, -0.2) is 33.1 Å². The van der Waals surface area contributed by atoms with Gasteiger partial charge in [0.15, 0.2) is 0 Å². The normalized spacial score (nSPS) is 11.1. The zero-order valence-corrected chi connectivity index (χ0v) is 21.1. The summed E-state index contributed by atoms with van der Waals surface area (Å²) < 4.78 is 31.7. The van der Waals surface area contributed by atoms with Crippen LogP contribution in [0.4, 0.5) is 13.2 Å². The highest BCUT2D eigenvalue weighted by Gasteiger charge is 2.38. The molecule has 5 N–H and O–H groups in total. The van der Waals surface area contributed by atoms with Crippen molar-refractivity contribution in [3.63, 3.8) is 0 Å². The fourth-order valence-electron chi connectivity index (χ4n) is 3.94. The van der Waals surface area contributed by atoms with Crippen LogP contribution in [-0.2, 0) is 17.9 Å². The van der Waals surface area contributed by atoms with Crippen LogP contribution in [0.25, 0.3) is 33.5 Å². The van der Waals surface area contributed by atoms with E-state index in [2.05, 4.69) is 58.8 Å². The first kappa shape index (κ1) is 28.1. The number of carboxylic acids is 1. The van der Waals surface area contributed by atoms with E-state index in [1.807, 2.05) is 42.5 Å². The number of benzene rings is 4. The molecule has 204 valence electrons. The molecule has 0 fully saturated rings. The number of fused-ring (bicyclic) bond motifs is 1. The fraction of sp³-hybridized carbons (Fsp3) is 0.100. The van der Waals surface area contributed by atoms with E-state index in [9.17, 15) is 18.0 Å². The highest BCUT2D eigenvalue weighted by Crippen LogP contribution is 2.26. The Morgan fingerprint density at radius 1 is 0.800 bits per heavy atom. The number of para-hydroxylation sites is 2. The third-order valence-corrected chi connectivity index (χ3v) is 5.92. The summed E-state index contributed by atoms with van der Waals surface area (Å²) in [6, 6.07) is 32.4. The van der Waals surface area contributed by atoms with Crippen molar-refractivity contribution in [1.82, 2.24) is 15.3 Å². The van der Waals surface area contributed by atoms with Crippen molar-refractivity contribution in [3.8, 4) is 22.5 Å². The molecule has 5 rings (SSSR count). The topological polar surface area (TPSA) is 121 Å². The number of aromatic nitrogens is 2. The van der Waals surface area contributed by atoms with E-state index in [0.29, 0.717) is 12.1 Å². The zero-order valence-electron chi connectivity index (χ0n) is 21.1. The number of hydrogen-bond acceptors (Lipinski definition) is 4. The molecule has 0 aliphatic heterocycles. The van der Waals surface area contributed by atoms with Crippen LogP contribution in [0.1, 0.15) is 21.5 Å². The average molecular weight is 547 g/mol. The largest absolute Gasteiger partial charge is 0.490 e. The van der Waals surface area contributed by atoms with Gasteiger partial charge in [-0.1, -0.05) is 66.7 Å². The number of H-pyrrole nitrogens is 1. The van der Waals surface area contributed by atoms with Gasteiger partial charge in [0, 0.05) is 24.2 Å². The molecule has 0 saturated heterocycles. The summed E-state index contributed by atoms with van der Waals surface area (Å²) in [6.07, 6.45) is -5.08. The molecule has 10 heteroatoms. The molecule has 0 aliphatic rings. The summed E-state index contributed by atoms with van der Waals surface area (Å²) in [5.74, 6) is -2.29. The van der Waals surface area contributed by atoms with Crippen molar-refractivity contribution in [1.29, 1.82) is 0 Å². The Labute approximate surface area is 227 Å². The van der Waals surface area contributed by atoms with E-state index in [1.165, 1.54) is 5.56 Å². The van der Waals surface area contributed by atoms with Crippen LogP contribution in [0.2, 0.25) is 0 Å². The second kappa shape index (κ2) is 12.3. The molecule has 1 heterocycles. The van der Waals surface area contributed by atoms with Crippen molar-refractivity contribution >= 4 is 22.9 Å². The van der Waals surface area contributed by atoms with Gasteiger partial charge in [0.2, 0.25) is 5.91 Å². The fourth-order valence-corrected chi connectivity index (χ4v) is 3.94. The molecule has 1 amide bonds. The van der Waals surface area contributed by atoms with Gasteiger partial charge in [0.1, 0.15) is 5.82 Å². The first-order chi connectivity index (χ1) is 19.1. The van der Waals surface area contributed by atoms with Crippen LogP contribution < -0.4 is 11.1 Å². The Hall–Kier alpha value is -4.96. The van der Waals surface area contributed by atoms with Gasteiger partial charge in [-0.25, -0.2) is 9.78 Å². The number of carbonyl (C=O) groups excluding carboxylic acids is 1. The summed E-state index contributed by atoms with van der Waals surface area (Å²) in [7, 11) is 0. The number of hydrogen-bond donors (Lipinski definition) is 4. The monoisotopic (exact) mass is 546 g/mol. The van der Waals surface area contributed by atoms with Crippen molar-refractivity contribution in [2.45, 2.75) is 19.3 Å². The minimum Gasteiger partial charge on any atom is -0.475 e. The van der Waals surface area contributed by atoms with Gasteiger partial charge in [-0.3, -0.25) is 4.79 Å². The Kier molecular flexibility index (Phi) is 8.60. The third-order valence-electron chi connectivity index (χ3n) is 5.92. The Balaban J connectivity index is 0.000000470. The van der Waals surface area contributed by atoms with Gasteiger partial charge in [0.25, 0.3) is 0 Å². The molecule has 4 aromatic carbocycles. The van der Waals surface area contributed by atoms with Crippen LogP contribution in [0.5, 0.6) is 0 Å². The van der Waals surface area contributed by atoms with Crippen molar-refractivity contribution in [2.24, 2.45) is 5.73 Å². The van der Waals surface area contributed by atoms with Gasteiger partial charge in [-0.2, -0.15) is 13.2 Å². The average Bonchev–Trinajstić information content (AvgIpc) is 3.38. The highest BCUT2D eigenvalue weighted by atomic mass is 19.4. The predicted molar refractivity (Wildman–Crippen MR) is 146 cm³/mol. The number of nitrogens with two attached hydrogens (primary N) is 1. The maximum Gasteiger partial charge on any atom is 0.490 e. The molecule has 7 nitrogen and oxygen atoms in total. The quantitative estimate of drug-likeness (QED) is 0.202. The molecule has 0 aliphatic carbocycles. The van der Waals surface area contributed by atoms with Gasteiger partial charge in [-0.05, 0) is 52.6 Å². The lowest BCUT2D eigenvalue weighted by Gasteiger charge is -2.08. The number of carbonyl (C=O) groups is 2. The Morgan fingerprint density at radius 2 is 1.45 bits per heavy atom. The number of amides is 1. The molecule has 0 radical (unpaired) electrons. The van der Waals surface area contributed by atoms with E-state index < -0.39 is 18.1 Å². The van der Waals surface area contributed by atoms with Crippen LogP contribution >= 0.6 is 0 Å². The summed E-state index contributed by atoms with van der Waals surface area (Å²) in [5, 5.41) is 10.5.